The quantitative estimate of drug-likeness (QED) is 0.747. The van der Waals surface area contributed by atoms with E-state index in [1.807, 2.05) is 31.3 Å². The molecule has 0 saturated heterocycles. The number of hydrogen-bond donors (Lipinski definition) is 0. The van der Waals surface area contributed by atoms with Crippen molar-refractivity contribution in [2.45, 2.75) is 5.75 Å². The van der Waals surface area contributed by atoms with Crippen molar-refractivity contribution in [3.63, 3.8) is 0 Å². The van der Waals surface area contributed by atoms with Crippen molar-refractivity contribution >= 4 is 20.7 Å². The second-order valence-corrected chi connectivity index (χ2v) is 7.41. The highest BCUT2D eigenvalue weighted by Crippen LogP contribution is 2.25. The molecule has 0 atom stereocenters. The number of aryl methyl sites for hydroxylation is 1. The number of nitrogens with zero attached hydrogens (tertiary/aromatic N) is 2. The highest BCUT2D eigenvalue weighted by Gasteiger charge is 2.10. The minimum atomic E-state index is -3.03. The monoisotopic (exact) mass is 300 g/mol. The van der Waals surface area contributed by atoms with Gasteiger partial charge in [0.2, 0.25) is 0 Å². The zero-order chi connectivity index (χ0) is 15.0. The van der Waals surface area contributed by atoms with E-state index in [2.05, 4.69) is 27.8 Å². The van der Waals surface area contributed by atoms with E-state index in [1.165, 1.54) is 6.26 Å². The predicted octanol–water partition coefficient (Wildman–Crippen LogP) is 2.78. The third kappa shape index (κ3) is 2.83. The number of para-hydroxylation sites is 1. The van der Waals surface area contributed by atoms with Crippen molar-refractivity contribution in [1.29, 1.82) is 0 Å². The summed E-state index contributed by atoms with van der Waals surface area (Å²) in [5.41, 5.74) is 3.71. The van der Waals surface area contributed by atoms with Crippen molar-refractivity contribution < 1.29 is 8.42 Å². The Kier molecular flexibility index (Phi) is 3.29. The van der Waals surface area contributed by atoms with E-state index >= 15 is 0 Å². The number of hydrogen-bond acceptors (Lipinski definition) is 3. The van der Waals surface area contributed by atoms with Crippen LogP contribution < -0.4 is 0 Å². The molecule has 0 spiro atoms. The largest absolute Gasteiger partial charge is 0.342 e. The third-order valence-corrected chi connectivity index (χ3v) is 4.33. The second kappa shape index (κ2) is 5.00. The third-order valence-electron chi connectivity index (χ3n) is 3.47. The van der Waals surface area contributed by atoms with E-state index in [1.54, 1.807) is 6.20 Å². The van der Waals surface area contributed by atoms with Gasteiger partial charge in [-0.1, -0.05) is 24.3 Å². The Morgan fingerprint density at radius 1 is 1.14 bits per heavy atom. The maximum atomic E-state index is 11.3. The lowest BCUT2D eigenvalue weighted by atomic mass is 10.2. The molecule has 5 heteroatoms. The molecule has 2 aromatic heterocycles. The molecule has 0 aliphatic carbocycles. The fourth-order valence-electron chi connectivity index (χ4n) is 2.50. The number of sulfone groups is 1. The number of pyridine rings is 1. The first-order valence-electron chi connectivity index (χ1n) is 6.61. The van der Waals surface area contributed by atoms with E-state index < -0.39 is 9.84 Å². The first-order valence-corrected chi connectivity index (χ1v) is 8.67. The molecule has 0 aliphatic rings. The van der Waals surface area contributed by atoms with E-state index in [0.717, 1.165) is 22.3 Å². The summed E-state index contributed by atoms with van der Waals surface area (Å²) in [4.78, 5) is 4.40. The van der Waals surface area contributed by atoms with Crippen molar-refractivity contribution in [3.8, 4) is 11.4 Å². The molecule has 2 heterocycles. The summed E-state index contributed by atoms with van der Waals surface area (Å²) in [6.07, 6.45) is 2.86. The van der Waals surface area contributed by atoms with Gasteiger partial charge in [-0.15, -0.1) is 0 Å². The normalized spacial score (nSPS) is 11.9. The molecule has 3 rings (SSSR count). The zero-order valence-corrected chi connectivity index (χ0v) is 12.8. The molecular weight excluding hydrogens is 284 g/mol. The maximum Gasteiger partial charge on any atom is 0.151 e. The summed E-state index contributed by atoms with van der Waals surface area (Å²) in [6, 6.07) is 13.9. The van der Waals surface area contributed by atoms with Gasteiger partial charge >= 0.3 is 0 Å². The van der Waals surface area contributed by atoms with Crippen LogP contribution in [0.4, 0.5) is 0 Å². The van der Waals surface area contributed by atoms with Gasteiger partial charge in [0, 0.05) is 30.4 Å². The van der Waals surface area contributed by atoms with Crippen LogP contribution in [-0.4, -0.2) is 24.2 Å². The molecule has 0 bridgehead atoms. The molecular formula is C16H16N2O2S. The van der Waals surface area contributed by atoms with E-state index in [0.29, 0.717) is 5.56 Å². The maximum absolute atomic E-state index is 11.3. The summed E-state index contributed by atoms with van der Waals surface area (Å²) >= 11 is 0. The van der Waals surface area contributed by atoms with Gasteiger partial charge in [-0.3, -0.25) is 4.98 Å². The van der Waals surface area contributed by atoms with Crippen LogP contribution in [0.15, 0.2) is 48.7 Å². The van der Waals surface area contributed by atoms with Gasteiger partial charge in [-0.2, -0.15) is 0 Å². The van der Waals surface area contributed by atoms with Gasteiger partial charge < -0.3 is 4.57 Å². The van der Waals surface area contributed by atoms with Gasteiger partial charge in [-0.25, -0.2) is 8.42 Å². The Bertz CT molecular complexity index is 894. The molecule has 0 fully saturated rings. The number of rotatable bonds is 3. The smallest absolute Gasteiger partial charge is 0.151 e. The molecule has 21 heavy (non-hydrogen) atoms. The van der Waals surface area contributed by atoms with E-state index in [-0.39, 0.29) is 5.75 Å². The first kappa shape index (κ1) is 13.8. The SMILES string of the molecule is Cn1c(-c2ccc(CS(C)(=O)=O)cn2)cc2ccccc21. The summed E-state index contributed by atoms with van der Waals surface area (Å²) < 4.78 is 24.7. The predicted molar refractivity (Wildman–Crippen MR) is 84.7 cm³/mol. The molecule has 0 aliphatic heterocycles. The van der Waals surface area contributed by atoms with Crippen LogP contribution in [0.2, 0.25) is 0 Å². The number of aromatic nitrogens is 2. The van der Waals surface area contributed by atoms with Crippen molar-refractivity contribution in [3.05, 3.63) is 54.2 Å². The van der Waals surface area contributed by atoms with E-state index in [9.17, 15) is 8.42 Å². The van der Waals surface area contributed by atoms with Gasteiger partial charge in [0.25, 0.3) is 0 Å². The molecule has 3 aromatic rings. The average molecular weight is 300 g/mol. The Morgan fingerprint density at radius 2 is 1.90 bits per heavy atom. The Balaban J connectivity index is 2.01. The minimum Gasteiger partial charge on any atom is -0.342 e. The number of benzene rings is 1. The average Bonchev–Trinajstić information content (AvgIpc) is 2.76. The van der Waals surface area contributed by atoms with E-state index in [4.69, 9.17) is 0 Å². The van der Waals surface area contributed by atoms with Crippen LogP contribution in [0.3, 0.4) is 0 Å². The molecule has 0 radical (unpaired) electrons. The lowest BCUT2D eigenvalue weighted by Gasteiger charge is -2.05. The van der Waals surface area contributed by atoms with Gasteiger partial charge in [-0.05, 0) is 23.8 Å². The minimum absolute atomic E-state index is 0.0232. The lowest BCUT2D eigenvalue weighted by molar-refractivity contribution is 0.601. The summed E-state index contributed by atoms with van der Waals surface area (Å²) in [5.74, 6) is 0.0232. The summed E-state index contributed by atoms with van der Waals surface area (Å²) in [6.45, 7) is 0. The number of fused-ring (bicyclic) bond motifs is 1. The van der Waals surface area contributed by atoms with Gasteiger partial charge in [0.15, 0.2) is 9.84 Å². The Labute approximate surface area is 124 Å². The molecule has 0 amide bonds. The van der Waals surface area contributed by atoms with Gasteiger partial charge in [0.1, 0.15) is 0 Å². The van der Waals surface area contributed by atoms with Crippen molar-refractivity contribution in [2.24, 2.45) is 7.05 Å². The van der Waals surface area contributed by atoms with Crippen LogP contribution in [0.1, 0.15) is 5.56 Å². The summed E-state index contributed by atoms with van der Waals surface area (Å²) in [7, 11) is -1.02. The van der Waals surface area contributed by atoms with Crippen LogP contribution in [-0.2, 0) is 22.6 Å². The molecule has 108 valence electrons. The van der Waals surface area contributed by atoms with Gasteiger partial charge in [0.05, 0.1) is 17.1 Å². The van der Waals surface area contributed by atoms with Crippen LogP contribution in [0, 0.1) is 0 Å². The van der Waals surface area contributed by atoms with Crippen LogP contribution >= 0.6 is 0 Å². The fraction of sp³-hybridized carbons (Fsp3) is 0.188. The second-order valence-electron chi connectivity index (χ2n) is 5.27. The van der Waals surface area contributed by atoms with Crippen molar-refractivity contribution in [2.75, 3.05) is 6.26 Å². The topological polar surface area (TPSA) is 52.0 Å². The highest BCUT2D eigenvalue weighted by molar-refractivity contribution is 7.89. The Morgan fingerprint density at radius 3 is 2.52 bits per heavy atom. The zero-order valence-electron chi connectivity index (χ0n) is 11.9. The van der Waals surface area contributed by atoms with Crippen LogP contribution in [0.5, 0.6) is 0 Å². The highest BCUT2D eigenvalue weighted by atomic mass is 32.2. The molecule has 4 nitrogen and oxygen atoms in total. The standard InChI is InChI=1S/C16H16N2O2S/c1-18-15-6-4-3-5-13(15)9-16(18)14-8-7-12(10-17-14)11-21(2,19)20/h3-10H,11H2,1-2H3. The molecule has 0 N–H and O–H groups in total. The molecule has 1 aromatic carbocycles. The first-order chi connectivity index (χ1) is 9.94. The summed E-state index contributed by atoms with van der Waals surface area (Å²) in [5, 5.41) is 1.16. The molecule has 0 saturated carbocycles. The van der Waals surface area contributed by atoms with Crippen LogP contribution in [0.25, 0.3) is 22.3 Å². The fourth-order valence-corrected chi connectivity index (χ4v) is 3.28. The lowest BCUT2D eigenvalue weighted by Crippen LogP contribution is -2.01. The molecule has 0 unspecified atom stereocenters. The van der Waals surface area contributed by atoms with Crippen molar-refractivity contribution in [1.82, 2.24) is 9.55 Å². The Hall–Kier alpha value is -2.14.